The molecule has 1 saturated heterocycles. The Labute approximate surface area is 128 Å². The minimum Gasteiger partial charge on any atom is -0.463 e. The van der Waals surface area contributed by atoms with Crippen LogP contribution < -0.4 is 11.4 Å². The SMILES string of the molecule is CC(=O)OC[C@@]1(N=[N+]=[N-])OC(n2ccc(N)nc2=O)[C@@H](O)[C@@H]1O. The van der Waals surface area contributed by atoms with Gasteiger partial charge in [0.2, 0.25) is 5.72 Å². The van der Waals surface area contributed by atoms with Gasteiger partial charge in [-0.2, -0.15) is 4.98 Å². The summed E-state index contributed by atoms with van der Waals surface area (Å²) < 4.78 is 10.9. The molecule has 1 aliphatic heterocycles. The summed E-state index contributed by atoms with van der Waals surface area (Å²) in [6.45, 7) is 0.464. The first-order valence-corrected chi connectivity index (χ1v) is 6.39. The van der Waals surface area contributed by atoms with Crippen molar-refractivity contribution in [3.8, 4) is 0 Å². The second-order valence-electron chi connectivity index (χ2n) is 4.80. The van der Waals surface area contributed by atoms with Crippen LogP contribution in [0.15, 0.2) is 22.2 Å². The van der Waals surface area contributed by atoms with Crippen LogP contribution in [-0.4, -0.2) is 50.3 Å². The summed E-state index contributed by atoms with van der Waals surface area (Å²) >= 11 is 0. The Morgan fingerprint density at radius 3 is 2.96 bits per heavy atom. The topological polar surface area (TPSA) is 186 Å². The van der Waals surface area contributed by atoms with Gasteiger partial charge in [0.05, 0.1) is 0 Å². The fourth-order valence-electron chi connectivity index (χ4n) is 2.12. The van der Waals surface area contributed by atoms with Crippen LogP contribution in [0.25, 0.3) is 10.4 Å². The molecule has 4 atom stereocenters. The number of azide groups is 1. The van der Waals surface area contributed by atoms with E-state index in [4.69, 9.17) is 20.7 Å². The molecule has 12 nitrogen and oxygen atoms in total. The molecule has 23 heavy (non-hydrogen) atoms. The summed E-state index contributed by atoms with van der Waals surface area (Å²) in [6, 6.07) is 1.28. The second kappa shape index (κ2) is 6.22. The lowest BCUT2D eigenvalue weighted by molar-refractivity contribution is -0.163. The van der Waals surface area contributed by atoms with Crippen molar-refractivity contribution in [3.05, 3.63) is 33.2 Å². The second-order valence-corrected chi connectivity index (χ2v) is 4.80. The van der Waals surface area contributed by atoms with Crippen LogP contribution in [0, 0.1) is 0 Å². The maximum atomic E-state index is 11.8. The molecule has 0 radical (unpaired) electrons. The van der Waals surface area contributed by atoms with Gasteiger partial charge in [0.15, 0.2) is 6.23 Å². The Bertz CT molecular complexity index is 715. The first kappa shape index (κ1) is 16.7. The van der Waals surface area contributed by atoms with E-state index in [1.165, 1.54) is 12.3 Å². The first-order chi connectivity index (χ1) is 10.8. The van der Waals surface area contributed by atoms with Crippen LogP contribution in [-0.2, 0) is 14.3 Å². The standard InChI is InChI=1S/C11H14N6O6/c1-5(18)22-4-11(15-16-13)8(20)7(19)9(23-11)17-3-2-6(12)14-10(17)21/h2-3,7-9,19-20H,4H2,1H3,(H2,12,14,21)/t7-,8-,9?,11+/m0/s1. The third-order valence-electron chi connectivity index (χ3n) is 3.22. The molecule has 0 saturated carbocycles. The lowest BCUT2D eigenvalue weighted by atomic mass is 10.1. The summed E-state index contributed by atoms with van der Waals surface area (Å²) in [6.07, 6.45) is -3.60. The molecule has 2 rings (SSSR count). The molecule has 0 amide bonds. The molecule has 1 aromatic heterocycles. The van der Waals surface area contributed by atoms with Crippen molar-refractivity contribution >= 4 is 11.8 Å². The third kappa shape index (κ3) is 3.10. The minimum atomic E-state index is -2.08. The zero-order valence-electron chi connectivity index (χ0n) is 11.9. The Hall–Kier alpha value is -2.66. The third-order valence-corrected chi connectivity index (χ3v) is 3.22. The lowest BCUT2D eigenvalue weighted by Crippen LogP contribution is -2.45. The van der Waals surface area contributed by atoms with Crippen LogP contribution in [0.2, 0.25) is 0 Å². The monoisotopic (exact) mass is 326 g/mol. The van der Waals surface area contributed by atoms with Crippen LogP contribution in [0.1, 0.15) is 13.2 Å². The van der Waals surface area contributed by atoms with Crippen LogP contribution >= 0.6 is 0 Å². The quantitative estimate of drug-likeness (QED) is 0.262. The van der Waals surface area contributed by atoms with E-state index < -0.39 is 42.4 Å². The van der Waals surface area contributed by atoms with E-state index in [9.17, 15) is 19.8 Å². The highest BCUT2D eigenvalue weighted by Gasteiger charge is 2.56. The summed E-state index contributed by atoms with van der Waals surface area (Å²) in [5.41, 5.74) is 11.1. The Balaban J connectivity index is 2.40. The summed E-state index contributed by atoms with van der Waals surface area (Å²) in [4.78, 5) is 28.8. The molecule has 4 N–H and O–H groups in total. The molecule has 0 spiro atoms. The average molecular weight is 326 g/mol. The number of carbonyl (C=O) groups excluding carboxylic acids is 1. The number of ether oxygens (including phenoxy) is 2. The number of aliphatic hydroxyl groups is 2. The predicted molar refractivity (Wildman–Crippen MR) is 73.6 cm³/mol. The molecule has 12 heteroatoms. The van der Waals surface area contributed by atoms with Crippen molar-refractivity contribution in [2.45, 2.75) is 31.1 Å². The maximum Gasteiger partial charge on any atom is 0.351 e. The fraction of sp³-hybridized carbons (Fsp3) is 0.545. The van der Waals surface area contributed by atoms with Gasteiger partial charge in [-0.15, -0.1) is 0 Å². The number of nitrogens with two attached hydrogens (primary N) is 1. The van der Waals surface area contributed by atoms with Crippen molar-refractivity contribution < 1.29 is 24.5 Å². The van der Waals surface area contributed by atoms with Crippen molar-refractivity contribution in [2.75, 3.05) is 12.3 Å². The summed E-state index contributed by atoms with van der Waals surface area (Å²) in [5, 5.41) is 23.5. The van der Waals surface area contributed by atoms with Gasteiger partial charge in [0.25, 0.3) is 0 Å². The van der Waals surface area contributed by atoms with E-state index in [1.807, 2.05) is 0 Å². The van der Waals surface area contributed by atoms with E-state index >= 15 is 0 Å². The minimum absolute atomic E-state index is 0.0412. The molecule has 1 unspecified atom stereocenters. The molecule has 1 aliphatic rings. The highest BCUT2D eigenvalue weighted by atomic mass is 16.6. The number of nitrogen functional groups attached to an aromatic ring is 1. The number of rotatable bonds is 4. The number of anilines is 1. The number of carbonyl (C=O) groups is 1. The molecule has 0 aliphatic carbocycles. The van der Waals surface area contributed by atoms with Crippen molar-refractivity contribution in [3.63, 3.8) is 0 Å². The average Bonchev–Trinajstić information content (AvgIpc) is 2.72. The molecule has 1 aromatic rings. The Morgan fingerprint density at radius 2 is 2.39 bits per heavy atom. The fourth-order valence-corrected chi connectivity index (χ4v) is 2.12. The zero-order valence-corrected chi connectivity index (χ0v) is 11.9. The highest BCUT2D eigenvalue weighted by molar-refractivity contribution is 5.66. The number of aromatic nitrogens is 2. The number of nitrogens with zero attached hydrogens (tertiary/aromatic N) is 5. The molecule has 0 aromatic carbocycles. The first-order valence-electron chi connectivity index (χ1n) is 6.39. The largest absolute Gasteiger partial charge is 0.463 e. The maximum absolute atomic E-state index is 11.8. The molecule has 0 bridgehead atoms. The number of hydrogen-bond acceptors (Lipinski definition) is 9. The highest BCUT2D eigenvalue weighted by Crippen LogP contribution is 2.38. The Morgan fingerprint density at radius 1 is 1.70 bits per heavy atom. The number of aliphatic hydroxyl groups excluding tert-OH is 2. The van der Waals surface area contributed by atoms with E-state index in [-0.39, 0.29) is 5.82 Å². The van der Waals surface area contributed by atoms with Crippen molar-refractivity contribution in [1.82, 2.24) is 9.55 Å². The van der Waals surface area contributed by atoms with E-state index in [2.05, 4.69) is 15.0 Å². The molecular formula is C11H14N6O6. The van der Waals surface area contributed by atoms with Crippen molar-refractivity contribution in [2.24, 2.45) is 5.11 Å². The van der Waals surface area contributed by atoms with Gasteiger partial charge in [0.1, 0.15) is 24.6 Å². The van der Waals surface area contributed by atoms with E-state index in [0.717, 1.165) is 11.5 Å². The van der Waals surface area contributed by atoms with Crippen LogP contribution in [0.4, 0.5) is 5.82 Å². The van der Waals surface area contributed by atoms with Gasteiger partial charge in [-0.05, 0) is 11.6 Å². The summed E-state index contributed by atoms with van der Waals surface area (Å²) in [5.74, 6) is -0.752. The molecular weight excluding hydrogens is 312 g/mol. The van der Waals surface area contributed by atoms with Crippen molar-refractivity contribution in [1.29, 1.82) is 0 Å². The number of esters is 1. The van der Waals surface area contributed by atoms with Gasteiger partial charge in [-0.25, -0.2) is 4.79 Å². The smallest absolute Gasteiger partial charge is 0.351 e. The predicted octanol–water partition coefficient (Wildman–Crippen LogP) is -1.35. The van der Waals surface area contributed by atoms with Crippen LogP contribution in [0.3, 0.4) is 0 Å². The number of hydrogen-bond donors (Lipinski definition) is 3. The molecule has 1 fully saturated rings. The molecule has 124 valence electrons. The van der Waals surface area contributed by atoms with E-state index in [1.54, 1.807) is 0 Å². The zero-order chi connectivity index (χ0) is 17.2. The van der Waals surface area contributed by atoms with Crippen LogP contribution in [0.5, 0.6) is 0 Å². The summed E-state index contributed by atoms with van der Waals surface area (Å²) in [7, 11) is 0. The van der Waals surface area contributed by atoms with Gasteiger partial charge >= 0.3 is 11.7 Å². The lowest BCUT2D eigenvalue weighted by Gasteiger charge is -2.25. The van der Waals surface area contributed by atoms with E-state index in [0.29, 0.717) is 0 Å². The van der Waals surface area contributed by atoms with Gasteiger partial charge in [-0.1, -0.05) is 5.11 Å². The Kier molecular flexibility index (Phi) is 4.52. The van der Waals surface area contributed by atoms with Gasteiger partial charge in [0, 0.05) is 18.0 Å². The van der Waals surface area contributed by atoms with Gasteiger partial charge < -0.3 is 25.4 Å². The van der Waals surface area contributed by atoms with Gasteiger partial charge in [-0.3, -0.25) is 9.36 Å². The normalized spacial score (nSPS) is 29.8. The molecule has 2 heterocycles.